The lowest BCUT2D eigenvalue weighted by Gasteiger charge is -2.40. The van der Waals surface area contributed by atoms with Crippen LogP contribution >= 0.6 is 0 Å². The fourth-order valence-corrected chi connectivity index (χ4v) is 4.41. The van der Waals surface area contributed by atoms with Crippen LogP contribution in [-0.4, -0.2) is 55.5 Å². The molecule has 0 saturated carbocycles. The molecule has 176 valence electrons. The molecule has 7 nitrogen and oxygen atoms in total. The van der Waals surface area contributed by atoms with Gasteiger partial charge < -0.3 is 23.8 Å². The molecule has 33 heavy (non-hydrogen) atoms. The Labute approximate surface area is 194 Å². The number of piperidine rings is 1. The smallest absolute Gasteiger partial charge is 0.410 e. The molecule has 0 unspecified atom stereocenters. The van der Waals surface area contributed by atoms with Gasteiger partial charge in [-0.3, -0.25) is 0 Å². The highest BCUT2D eigenvalue weighted by atomic mass is 16.6. The molecule has 2 aliphatic rings. The lowest BCUT2D eigenvalue weighted by molar-refractivity contribution is -0.0252. The summed E-state index contributed by atoms with van der Waals surface area (Å²) < 4.78 is 22.7. The van der Waals surface area contributed by atoms with Crippen LogP contribution in [0.15, 0.2) is 42.5 Å². The number of ether oxygens (including phenoxy) is 4. The number of rotatable bonds is 1. The first-order chi connectivity index (χ1) is 15.8. The maximum Gasteiger partial charge on any atom is 0.410 e. The molecular formula is C26H31NO6. The first-order valence-electron chi connectivity index (χ1n) is 11.3. The molecule has 2 aliphatic heterocycles. The van der Waals surface area contributed by atoms with Crippen LogP contribution in [0.25, 0.3) is 10.8 Å². The van der Waals surface area contributed by atoms with Crippen molar-refractivity contribution >= 4 is 22.8 Å². The standard InChI is InChI=1S/C26H31NO6/c1-26(2,3)33-25(29)27-12-11-18-16-23(27)20-9-10-21(24(28)30-4)19-8-7-17(15-22(19)20)31-13-5-6-14-32-18/h5-10,15,18,23H,11-14,16H2,1-4H3/b6-5-/t18-,23-/m0/s1. The maximum atomic E-state index is 13.2. The van der Waals surface area contributed by atoms with E-state index in [9.17, 15) is 9.59 Å². The third-order valence-corrected chi connectivity index (χ3v) is 5.91. The summed E-state index contributed by atoms with van der Waals surface area (Å²) in [7, 11) is 1.37. The molecule has 2 aromatic carbocycles. The van der Waals surface area contributed by atoms with Gasteiger partial charge in [0.05, 0.1) is 31.4 Å². The van der Waals surface area contributed by atoms with Crippen molar-refractivity contribution in [2.75, 3.05) is 26.9 Å². The highest BCUT2D eigenvalue weighted by Crippen LogP contribution is 2.39. The summed E-state index contributed by atoms with van der Waals surface area (Å²) in [5.74, 6) is 0.279. The van der Waals surface area contributed by atoms with Gasteiger partial charge in [0.1, 0.15) is 18.0 Å². The monoisotopic (exact) mass is 453 g/mol. The lowest BCUT2D eigenvalue weighted by Crippen LogP contribution is -2.45. The Kier molecular flexibility index (Phi) is 6.61. The minimum Gasteiger partial charge on any atom is -0.490 e. The molecule has 0 spiro atoms. The van der Waals surface area contributed by atoms with Crippen molar-refractivity contribution in [2.24, 2.45) is 0 Å². The SMILES string of the molecule is COC(=O)c1ccc2c3cc(ccc13)OC/C=C\CO[C@H]1CCN(C(=O)OC(C)(C)C)[C@H]2C1. The van der Waals surface area contributed by atoms with Crippen LogP contribution in [0.5, 0.6) is 5.75 Å². The largest absolute Gasteiger partial charge is 0.490 e. The average Bonchev–Trinajstić information content (AvgIpc) is 2.79. The molecule has 2 aromatic rings. The normalized spacial score (nSPS) is 21.9. The second-order valence-electron chi connectivity index (χ2n) is 9.35. The van der Waals surface area contributed by atoms with Gasteiger partial charge in [-0.2, -0.15) is 0 Å². The van der Waals surface area contributed by atoms with Crippen LogP contribution in [0.4, 0.5) is 4.79 Å². The van der Waals surface area contributed by atoms with Crippen LogP contribution in [0.3, 0.4) is 0 Å². The molecule has 4 rings (SSSR count). The summed E-state index contributed by atoms with van der Waals surface area (Å²) in [4.78, 5) is 27.4. The molecular weight excluding hydrogens is 422 g/mol. The van der Waals surface area contributed by atoms with Crippen molar-refractivity contribution in [3.63, 3.8) is 0 Å². The van der Waals surface area contributed by atoms with Crippen LogP contribution in [0.2, 0.25) is 0 Å². The Bertz CT molecular complexity index is 1070. The molecule has 0 radical (unpaired) electrons. The van der Waals surface area contributed by atoms with Crippen molar-refractivity contribution < 1.29 is 28.5 Å². The van der Waals surface area contributed by atoms with E-state index < -0.39 is 11.6 Å². The van der Waals surface area contributed by atoms with Crippen LogP contribution in [-0.2, 0) is 14.2 Å². The highest BCUT2D eigenvalue weighted by molar-refractivity contribution is 6.06. The molecule has 0 aliphatic carbocycles. The molecule has 1 fully saturated rings. The van der Waals surface area contributed by atoms with E-state index in [1.807, 2.05) is 57.2 Å². The van der Waals surface area contributed by atoms with Crippen molar-refractivity contribution in [1.29, 1.82) is 0 Å². The predicted octanol–water partition coefficient (Wildman–Crippen LogP) is 5.03. The third-order valence-electron chi connectivity index (χ3n) is 5.91. The van der Waals surface area contributed by atoms with Gasteiger partial charge in [-0.05, 0) is 80.3 Å². The van der Waals surface area contributed by atoms with Gasteiger partial charge >= 0.3 is 12.1 Å². The summed E-state index contributed by atoms with van der Waals surface area (Å²) in [6.07, 6.45) is 4.88. The maximum absolute atomic E-state index is 13.2. The van der Waals surface area contributed by atoms with Gasteiger partial charge in [-0.15, -0.1) is 0 Å². The second-order valence-corrected chi connectivity index (χ2v) is 9.35. The van der Waals surface area contributed by atoms with Gasteiger partial charge in [0.15, 0.2) is 0 Å². The molecule has 2 atom stereocenters. The Hall–Kier alpha value is -3.06. The minimum atomic E-state index is -0.601. The van der Waals surface area contributed by atoms with Gasteiger partial charge in [0.25, 0.3) is 0 Å². The zero-order chi connectivity index (χ0) is 23.6. The zero-order valence-corrected chi connectivity index (χ0v) is 19.6. The number of methoxy groups -OCH3 is 1. The van der Waals surface area contributed by atoms with Gasteiger partial charge in [-0.1, -0.05) is 12.1 Å². The number of nitrogens with zero attached hydrogens (tertiary/aromatic N) is 1. The number of likely N-dealkylation sites (tertiary alicyclic amines) is 1. The summed E-state index contributed by atoms with van der Waals surface area (Å²) in [6, 6.07) is 9.05. The molecule has 0 aromatic heterocycles. The number of esters is 1. The molecule has 1 amide bonds. The lowest BCUT2D eigenvalue weighted by atomic mass is 9.88. The van der Waals surface area contributed by atoms with E-state index >= 15 is 0 Å². The summed E-state index contributed by atoms with van der Waals surface area (Å²) in [6.45, 7) is 7.01. The number of fused-ring (bicyclic) bond motifs is 4. The number of carbonyl (C=O) groups is 2. The van der Waals surface area contributed by atoms with Gasteiger partial charge in [-0.25, -0.2) is 9.59 Å². The van der Waals surface area contributed by atoms with E-state index in [0.29, 0.717) is 37.5 Å². The fraction of sp³-hybridized carbons (Fsp3) is 0.462. The first kappa shape index (κ1) is 23.1. The minimum absolute atomic E-state index is 0.00137. The van der Waals surface area contributed by atoms with Crippen molar-refractivity contribution in [3.05, 3.63) is 53.6 Å². The Balaban J connectivity index is 1.86. The van der Waals surface area contributed by atoms with E-state index in [2.05, 4.69) is 0 Å². The van der Waals surface area contributed by atoms with E-state index in [1.54, 1.807) is 11.0 Å². The van der Waals surface area contributed by atoms with Gasteiger partial charge in [0.2, 0.25) is 0 Å². The number of hydrogen-bond acceptors (Lipinski definition) is 6. The topological polar surface area (TPSA) is 74.3 Å². The van der Waals surface area contributed by atoms with E-state index in [0.717, 1.165) is 22.8 Å². The van der Waals surface area contributed by atoms with Gasteiger partial charge in [0, 0.05) is 6.54 Å². The van der Waals surface area contributed by atoms with Crippen molar-refractivity contribution in [2.45, 2.75) is 51.4 Å². The zero-order valence-electron chi connectivity index (χ0n) is 19.6. The van der Waals surface area contributed by atoms with Crippen LogP contribution < -0.4 is 4.74 Å². The van der Waals surface area contributed by atoms with Crippen LogP contribution in [0, 0.1) is 0 Å². The summed E-state index contributed by atoms with van der Waals surface area (Å²) in [5, 5.41) is 1.60. The number of carbonyl (C=O) groups excluding carboxylic acids is 2. The highest BCUT2D eigenvalue weighted by Gasteiger charge is 2.36. The third kappa shape index (κ3) is 5.14. The number of amides is 1. The Morgan fingerprint density at radius 2 is 1.85 bits per heavy atom. The fourth-order valence-electron chi connectivity index (χ4n) is 4.41. The van der Waals surface area contributed by atoms with E-state index in [1.165, 1.54) is 7.11 Å². The van der Waals surface area contributed by atoms with E-state index in [4.69, 9.17) is 18.9 Å². The molecule has 0 N–H and O–H groups in total. The first-order valence-corrected chi connectivity index (χ1v) is 11.3. The summed E-state index contributed by atoms with van der Waals surface area (Å²) >= 11 is 0. The van der Waals surface area contributed by atoms with Crippen molar-refractivity contribution in [3.8, 4) is 5.75 Å². The molecule has 2 heterocycles. The predicted molar refractivity (Wildman–Crippen MR) is 125 cm³/mol. The number of benzene rings is 2. The Morgan fingerprint density at radius 3 is 2.61 bits per heavy atom. The average molecular weight is 454 g/mol. The quantitative estimate of drug-likeness (QED) is 0.445. The van der Waals surface area contributed by atoms with Crippen LogP contribution in [0.1, 0.15) is 55.6 Å². The number of hydrogen-bond donors (Lipinski definition) is 0. The molecule has 1 saturated heterocycles. The summed E-state index contributed by atoms with van der Waals surface area (Å²) in [5.41, 5.74) is 0.796. The Morgan fingerprint density at radius 1 is 1.06 bits per heavy atom. The second kappa shape index (κ2) is 9.43. The molecule has 7 heteroatoms. The molecule has 4 bridgehead atoms. The van der Waals surface area contributed by atoms with Crippen molar-refractivity contribution in [1.82, 2.24) is 4.90 Å². The van der Waals surface area contributed by atoms with E-state index in [-0.39, 0.29) is 18.2 Å².